The number of aromatic nitrogens is 1. The zero-order chi connectivity index (χ0) is 19.9. The van der Waals surface area contributed by atoms with E-state index in [1.54, 1.807) is 0 Å². The first-order valence-electron chi connectivity index (χ1n) is 8.42. The number of aliphatic hydroxyl groups is 1. The monoisotopic (exact) mass is 383 g/mol. The van der Waals surface area contributed by atoms with E-state index < -0.39 is 18.1 Å². The topological polar surface area (TPSA) is 148 Å². The van der Waals surface area contributed by atoms with Gasteiger partial charge < -0.3 is 15.5 Å². The van der Waals surface area contributed by atoms with Crippen molar-refractivity contribution in [2.45, 2.75) is 58.7 Å². The Balaban J connectivity index is 2.85. The molecule has 1 aromatic rings. The molecule has 0 fully saturated rings. The fourth-order valence-electron chi connectivity index (χ4n) is 2.35. The van der Waals surface area contributed by atoms with E-state index in [4.69, 9.17) is 10.6 Å². The fourth-order valence-corrected chi connectivity index (χ4v) is 3.14. The van der Waals surface area contributed by atoms with Gasteiger partial charge in [0.2, 0.25) is 5.91 Å². The van der Waals surface area contributed by atoms with Gasteiger partial charge in [0.05, 0.1) is 0 Å². The highest BCUT2D eigenvalue weighted by atomic mass is 32.1. The predicted molar refractivity (Wildman–Crippen MR) is 97.8 cm³/mol. The molecule has 1 amide bonds. The molecule has 1 rings (SSSR count). The summed E-state index contributed by atoms with van der Waals surface area (Å²) in [5, 5.41) is 27.4. The molecule has 0 spiro atoms. The quantitative estimate of drug-likeness (QED) is 0.322. The van der Waals surface area contributed by atoms with Crippen LogP contribution in [-0.4, -0.2) is 39.2 Å². The summed E-state index contributed by atoms with van der Waals surface area (Å²) in [5.41, 5.74) is 8.58. The number of carbonyl (C=O) groups excluding carboxylic acids is 1. The summed E-state index contributed by atoms with van der Waals surface area (Å²) in [7, 11) is 0. The molecule has 1 aromatic heterocycles. The van der Waals surface area contributed by atoms with Crippen LogP contribution in [0.1, 0.15) is 62.1 Å². The molecule has 0 saturated heterocycles. The number of carboxylic acids is 1. The van der Waals surface area contributed by atoms with E-state index >= 15 is 0 Å². The molecule has 0 bridgehead atoms. The Morgan fingerprint density at radius 1 is 1.42 bits per heavy atom. The fraction of sp³-hybridized carbons (Fsp3) is 0.688. The van der Waals surface area contributed by atoms with Crippen LogP contribution in [0.3, 0.4) is 0 Å². The highest BCUT2D eigenvalue weighted by Crippen LogP contribution is 2.25. The molecule has 10 heteroatoms. The first-order chi connectivity index (χ1) is 12.2. The van der Waals surface area contributed by atoms with E-state index in [0.29, 0.717) is 6.42 Å². The standard InChI is InChI=1S/C16H25N5O4S/c1-5-9(4)13(20-21-17)14(23)18-10(8(2)3)6-12(22)15-19-11(7-26-15)16(24)25/h7-10,12-13,22H,5-6H2,1-4H3,(H,18,23)(H,24,25)/t9-,10+,12+,13-/m0/s1. The summed E-state index contributed by atoms with van der Waals surface area (Å²) in [6.45, 7) is 7.53. The third kappa shape index (κ3) is 5.98. The molecule has 3 N–H and O–H groups in total. The van der Waals surface area contributed by atoms with Crippen molar-refractivity contribution in [1.29, 1.82) is 0 Å². The van der Waals surface area contributed by atoms with Crippen LogP contribution in [0.2, 0.25) is 0 Å². The summed E-state index contributed by atoms with van der Waals surface area (Å²) in [6.07, 6.45) is -0.134. The SMILES string of the molecule is CC[C@H](C)[C@H](N=[N+]=[N-])C(=O)N[C@H](C[C@@H](O)c1nc(C(=O)O)cs1)C(C)C. The molecule has 9 nitrogen and oxygen atoms in total. The van der Waals surface area contributed by atoms with Crippen molar-refractivity contribution >= 4 is 23.2 Å². The van der Waals surface area contributed by atoms with Gasteiger partial charge in [0.25, 0.3) is 0 Å². The van der Waals surface area contributed by atoms with Crippen LogP contribution < -0.4 is 5.32 Å². The zero-order valence-corrected chi connectivity index (χ0v) is 16.1. The van der Waals surface area contributed by atoms with Crippen LogP contribution in [0, 0.1) is 11.8 Å². The van der Waals surface area contributed by atoms with Crippen LogP contribution >= 0.6 is 11.3 Å². The Labute approximate surface area is 156 Å². The van der Waals surface area contributed by atoms with Crippen LogP contribution in [0.15, 0.2) is 10.5 Å². The number of nitrogens with zero attached hydrogens (tertiary/aromatic N) is 4. The number of amides is 1. The minimum Gasteiger partial charge on any atom is -0.476 e. The van der Waals surface area contributed by atoms with Gasteiger partial charge in [0, 0.05) is 22.8 Å². The molecule has 144 valence electrons. The summed E-state index contributed by atoms with van der Waals surface area (Å²) in [6, 6.07) is -1.20. The van der Waals surface area contributed by atoms with E-state index in [1.807, 2.05) is 27.7 Å². The number of carboxylic acid groups (broad SMARTS) is 1. The molecule has 0 aliphatic carbocycles. The summed E-state index contributed by atoms with van der Waals surface area (Å²) >= 11 is 1.06. The Morgan fingerprint density at radius 2 is 2.08 bits per heavy atom. The molecule has 4 atom stereocenters. The lowest BCUT2D eigenvalue weighted by atomic mass is 9.95. The van der Waals surface area contributed by atoms with E-state index in [0.717, 1.165) is 11.3 Å². The third-order valence-corrected chi connectivity index (χ3v) is 5.21. The van der Waals surface area contributed by atoms with Gasteiger partial charge in [-0.3, -0.25) is 4.79 Å². The molecule has 26 heavy (non-hydrogen) atoms. The predicted octanol–water partition coefficient (Wildman–Crippen LogP) is 3.13. The number of hydrogen-bond acceptors (Lipinski definition) is 6. The van der Waals surface area contributed by atoms with Crippen molar-refractivity contribution in [3.63, 3.8) is 0 Å². The van der Waals surface area contributed by atoms with Crippen LogP contribution in [0.5, 0.6) is 0 Å². The normalized spacial score (nSPS) is 15.6. The molecule has 0 aliphatic heterocycles. The van der Waals surface area contributed by atoms with Crippen LogP contribution in [0.25, 0.3) is 10.4 Å². The number of aliphatic hydroxyl groups excluding tert-OH is 1. The summed E-state index contributed by atoms with van der Waals surface area (Å²) < 4.78 is 0. The maximum atomic E-state index is 12.5. The molecule has 1 heterocycles. The highest BCUT2D eigenvalue weighted by molar-refractivity contribution is 7.09. The van der Waals surface area contributed by atoms with Gasteiger partial charge in [0.1, 0.15) is 17.2 Å². The molecule has 0 saturated carbocycles. The van der Waals surface area contributed by atoms with Crippen molar-refractivity contribution in [3.05, 3.63) is 26.5 Å². The zero-order valence-electron chi connectivity index (χ0n) is 15.3. The second-order valence-corrected chi connectivity index (χ2v) is 7.41. The van der Waals surface area contributed by atoms with Gasteiger partial charge >= 0.3 is 5.97 Å². The maximum Gasteiger partial charge on any atom is 0.355 e. The van der Waals surface area contributed by atoms with E-state index in [9.17, 15) is 14.7 Å². The molecule has 0 radical (unpaired) electrons. The second kappa shape index (κ2) is 10.1. The van der Waals surface area contributed by atoms with Crippen molar-refractivity contribution < 1.29 is 19.8 Å². The smallest absolute Gasteiger partial charge is 0.355 e. The van der Waals surface area contributed by atoms with Crippen molar-refractivity contribution in [1.82, 2.24) is 10.3 Å². The number of carbonyl (C=O) groups is 2. The van der Waals surface area contributed by atoms with Crippen molar-refractivity contribution in [2.75, 3.05) is 0 Å². The number of thiazole rings is 1. The van der Waals surface area contributed by atoms with E-state index in [2.05, 4.69) is 20.3 Å². The Morgan fingerprint density at radius 3 is 2.54 bits per heavy atom. The van der Waals surface area contributed by atoms with Gasteiger partial charge in [-0.2, -0.15) is 0 Å². The number of rotatable bonds is 10. The number of hydrogen-bond donors (Lipinski definition) is 3. The largest absolute Gasteiger partial charge is 0.476 e. The molecular formula is C16H25N5O4S. The number of azide groups is 1. The average molecular weight is 383 g/mol. The van der Waals surface area contributed by atoms with E-state index in [-0.39, 0.29) is 40.9 Å². The Hall–Kier alpha value is -2.16. The van der Waals surface area contributed by atoms with Crippen molar-refractivity contribution in [2.24, 2.45) is 17.0 Å². The Bertz CT molecular complexity index is 671. The molecule has 0 unspecified atom stereocenters. The molecular weight excluding hydrogens is 358 g/mol. The average Bonchev–Trinajstić information content (AvgIpc) is 3.08. The lowest BCUT2D eigenvalue weighted by molar-refractivity contribution is -0.124. The third-order valence-electron chi connectivity index (χ3n) is 4.26. The summed E-state index contributed by atoms with van der Waals surface area (Å²) in [5.74, 6) is -1.63. The molecule has 0 aliphatic rings. The lowest BCUT2D eigenvalue weighted by Crippen LogP contribution is -2.45. The van der Waals surface area contributed by atoms with Gasteiger partial charge in [-0.25, -0.2) is 9.78 Å². The van der Waals surface area contributed by atoms with Gasteiger partial charge in [-0.1, -0.05) is 39.2 Å². The summed E-state index contributed by atoms with van der Waals surface area (Å²) in [4.78, 5) is 30.1. The highest BCUT2D eigenvalue weighted by Gasteiger charge is 2.28. The van der Waals surface area contributed by atoms with Crippen LogP contribution in [-0.2, 0) is 4.79 Å². The van der Waals surface area contributed by atoms with Gasteiger partial charge in [-0.05, 0) is 17.4 Å². The Kier molecular flexibility index (Phi) is 8.50. The maximum absolute atomic E-state index is 12.5. The number of nitrogens with one attached hydrogen (secondary N) is 1. The number of aromatic carboxylic acids is 1. The van der Waals surface area contributed by atoms with E-state index in [1.165, 1.54) is 5.38 Å². The lowest BCUT2D eigenvalue weighted by Gasteiger charge is -2.27. The van der Waals surface area contributed by atoms with Crippen LogP contribution in [0.4, 0.5) is 0 Å². The van der Waals surface area contributed by atoms with Gasteiger partial charge in [-0.15, -0.1) is 11.3 Å². The second-order valence-electron chi connectivity index (χ2n) is 6.52. The van der Waals surface area contributed by atoms with Crippen molar-refractivity contribution in [3.8, 4) is 0 Å². The van der Waals surface area contributed by atoms with Gasteiger partial charge in [0.15, 0.2) is 5.69 Å². The minimum atomic E-state index is -1.15. The first-order valence-corrected chi connectivity index (χ1v) is 9.30. The molecule has 0 aromatic carbocycles. The first kappa shape index (κ1) is 21.9. The minimum absolute atomic E-state index is 0.0103.